The summed E-state index contributed by atoms with van der Waals surface area (Å²) in [7, 11) is 0. The predicted octanol–water partition coefficient (Wildman–Crippen LogP) is 0.733. The number of rotatable bonds is 4. The Labute approximate surface area is 133 Å². The van der Waals surface area contributed by atoms with Crippen molar-refractivity contribution in [2.24, 2.45) is 5.73 Å². The molecule has 0 saturated carbocycles. The summed E-state index contributed by atoms with van der Waals surface area (Å²) in [5.41, 5.74) is 7.06. The zero-order valence-corrected chi connectivity index (χ0v) is 12.5. The fourth-order valence-corrected chi connectivity index (χ4v) is 2.28. The highest BCUT2D eigenvalue weighted by molar-refractivity contribution is 5.94. The topological polar surface area (TPSA) is 119 Å². The van der Waals surface area contributed by atoms with Crippen LogP contribution in [0.4, 0.5) is 5.69 Å². The average Bonchev–Trinajstić information content (AvgIpc) is 3.19. The summed E-state index contributed by atoms with van der Waals surface area (Å²) in [4.78, 5) is 12.1. The van der Waals surface area contributed by atoms with Gasteiger partial charge in [0.2, 0.25) is 5.82 Å². The number of carbonyl (C=O) groups is 1. The number of anilines is 1. The molecule has 9 heteroatoms. The summed E-state index contributed by atoms with van der Waals surface area (Å²) in [6, 6.07) is 7.22. The van der Waals surface area contributed by atoms with Crippen molar-refractivity contribution in [3.8, 4) is 11.4 Å². The molecule has 0 spiro atoms. The Kier molecular flexibility index (Phi) is 5.42. The Balaban J connectivity index is 0.00000176. The van der Waals surface area contributed by atoms with Gasteiger partial charge in [-0.1, -0.05) is 0 Å². The molecule has 1 aliphatic heterocycles. The molecule has 0 aliphatic carbocycles. The lowest BCUT2D eigenvalue weighted by atomic mass is 10.1. The van der Waals surface area contributed by atoms with Gasteiger partial charge in [0.25, 0.3) is 5.91 Å². The van der Waals surface area contributed by atoms with E-state index in [-0.39, 0.29) is 24.4 Å². The second-order valence-electron chi connectivity index (χ2n) is 4.86. The maximum Gasteiger partial charge on any atom is 0.253 e. The Hall–Kier alpha value is -2.03. The molecular formula is C13H17ClN6O2. The minimum absolute atomic E-state index is 0. The van der Waals surface area contributed by atoms with Gasteiger partial charge in [-0.25, -0.2) is 0 Å². The zero-order valence-electron chi connectivity index (χ0n) is 11.7. The Bertz CT molecular complexity index is 604. The lowest BCUT2D eigenvalue weighted by Gasteiger charge is -2.12. The molecule has 118 valence electrons. The Morgan fingerprint density at radius 1 is 1.36 bits per heavy atom. The van der Waals surface area contributed by atoms with Crippen LogP contribution in [-0.2, 0) is 9.53 Å². The average molecular weight is 325 g/mol. The predicted molar refractivity (Wildman–Crippen MR) is 82.4 cm³/mol. The smallest absolute Gasteiger partial charge is 0.253 e. The largest absolute Gasteiger partial charge is 0.364 e. The number of halogens is 1. The van der Waals surface area contributed by atoms with E-state index in [1.165, 1.54) is 0 Å². The van der Waals surface area contributed by atoms with Crippen molar-refractivity contribution < 1.29 is 9.53 Å². The number of H-pyrrole nitrogens is 1. The van der Waals surface area contributed by atoms with E-state index >= 15 is 0 Å². The molecule has 1 amide bonds. The fraction of sp³-hybridized carbons (Fsp3) is 0.385. The molecule has 1 aromatic heterocycles. The third kappa shape index (κ3) is 3.59. The van der Waals surface area contributed by atoms with Gasteiger partial charge in [-0.3, -0.25) is 4.79 Å². The first-order valence-corrected chi connectivity index (χ1v) is 6.76. The first-order valence-electron chi connectivity index (χ1n) is 6.76. The van der Waals surface area contributed by atoms with Crippen molar-refractivity contribution in [2.75, 3.05) is 11.9 Å². The van der Waals surface area contributed by atoms with E-state index in [0.29, 0.717) is 24.5 Å². The molecule has 4 N–H and O–H groups in total. The van der Waals surface area contributed by atoms with Crippen LogP contribution in [0.15, 0.2) is 24.3 Å². The Morgan fingerprint density at radius 3 is 2.73 bits per heavy atom. The lowest BCUT2D eigenvalue weighted by molar-refractivity contribution is -0.126. The van der Waals surface area contributed by atoms with Crippen LogP contribution in [0.2, 0.25) is 0 Å². The van der Waals surface area contributed by atoms with E-state index in [4.69, 9.17) is 10.5 Å². The molecule has 1 fully saturated rings. The van der Waals surface area contributed by atoms with E-state index in [1.807, 2.05) is 12.1 Å². The van der Waals surface area contributed by atoms with Crippen LogP contribution in [0.3, 0.4) is 0 Å². The van der Waals surface area contributed by atoms with Gasteiger partial charge in [0, 0.05) is 17.8 Å². The van der Waals surface area contributed by atoms with Crippen LogP contribution in [0.5, 0.6) is 0 Å². The number of tetrazole rings is 1. The fourth-order valence-electron chi connectivity index (χ4n) is 2.28. The highest BCUT2D eigenvalue weighted by Gasteiger charge is 2.29. The minimum atomic E-state index is -0.421. The van der Waals surface area contributed by atoms with Gasteiger partial charge in [0.15, 0.2) is 0 Å². The van der Waals surface area contributed by atoms with Crippen LogP contribution < -0.4 is 11.1 Å². The molecule has 0 radical (unpaired) electrons. The molecule has 2 atom stereocenters. The van der Waals surface area contributed by atoms with Crippen molar-refractivity contribution in [3.63, 3.8) is 0 Å². The van der Waals surface area contributed by atoms with Crippen molar-refractivity contribution >= 4 is 24.0 Å². The van der Waals surface area contributed by atoms with Gasteiger partial charge in [-0.05, 0) is 42.3 Å². The van der Waals surface area contributed by atoms with Gasteiger partial charge in [-0.2, -0.15) is 5.21 Å². The van der Waals surface area contributed by atoms with E-state index < -0.39 is 6.10 Å². The van der Waals surface area contributed by atoms with E-state index in [0.717, 1.165) is 12.0 Å². The van der Waals surface area contributed by atoms with Crippen LogP contribution in [0.1, 0.15) is 12.8 Å². The summed E-state index contributed by atoms with van der Waals surface area (Å²) in [6.45, 7) is 0.448. The number of aromatic amines is 1. The summed E-state index contributed by atoms with van der Waals surface area (Å²) in [6.07, 6.45) is 1.09. The third-order valence-electron chi connectivity index (χ3n) is 3.42. The number of nitrogens with zero attached hydrogens (tertiary/aromatic N) is 3. The van der Waals surface area contributed by atoms with Crippen LogP contribution in [0, 0.1) is 0 Å². The zero-order chi connectivity index (χ0) is 14.7. The molecule has 22 heavy (non-hydrogen) atoms. The number of carbonyl (C=O) groups excluding carboxylic acids is 1. The summed E-state index contributed by atoms with van der Waals surface area (Å²) in [5, 5.41) is 16.5. The second-order valence-corrected chi connectivity index (χ2v) is 4.86. The highest BCUT2D eigenvalue weighted by Crippen LogP contribution is 2.21. The van der Waals surface area contributed by atoms with E-state index in [9.17, 15) is 4.79 Å². The number of hydrogen-bond donors (Lipinski definition) is 3. The molecule has 2 heterocycles. The number of ether oxygens (including phenoxy) is 1. The monoisotopic (exact) mass is 324 g/mol. The quantitative estimate of drug-likeness (QED) is 0.763. The van der Waals surface area contributed by atoms with Crippen molar-refractivity contribution in [3.05, 3.63) is 24.3 Å². The molecule has 2 aromatic rings. The number of nitrogens with two attached hydrogens (primary N) is 1. The molecule has 3 rings (SSSR count). The second kappa shape index (κ2) is 7.30. The van der Waals surface area contributed by atoms with Crippen molar-refractivity contribution in [1.82, 2.24) is 20.6 Å². The van der Waals surface area contributed by atoms with Crippen molar-refractivity contribution in [2.45, 2.75) is 25.0 Å². The van der Waals surface area contributed by atoms with Gasteiger partial charge in [-0.15, -0.1) is 22.6 Å². The maximum absolute atomic E-state index is 12.1. The van der Waals surface area contributed by atoms with E-state index in [2.05, 4.69) is 25.9 Å². The van der Waals surface area contributed by atoms with Crippen molar-refractivity contribution in [1.29, 1.82) is 0 Å². The summed E-state index contributed by atoms with van der Waals surface area (Å²) < 4.78 is 5.56. The third-order valence-corrected chi connectivity index (χ3v) is 3.42. The molecule has 1 saturated heterocycles. The molecule has 1 aromatic carbocycles. The van der Waals surface area contributed by atoms with Gasteiger partial charge in [0.05, 0.1) is 6.10 Å². The summed E-state index contributed by atoms with van der Waals surface area (Å²) >= 11 is 0. The molecule has 0 unspecified atom stereocenters. The number of benzene rings is 1. The van der Waals surface area contributed by atoms with Crippen LogP contribution >= 0.6 is 12.4 Å². The standard InChI is InChI=1S/C13H16N6O2.ClH/c14-7-10-5-6-11(21-10)13(20)15-9-3-1-8(2-4-9)12-16-18-19-17-12;/h1-4,10-11H,5-7,14H2,(H,15,20)(H,16,17,18,19);1H/t10-,11+;/m1./s1. The SMILES string of the molecule is Cl.NC[C@H]1CC[C@@H](C(=O)Nc2ccc(-c3nn[nH]n3)cc2)O1. The lowest BCUT2D eigenvalue weighted by Crippen LogP contribution is -2.29. The number of aromatic nitrogens is 4. The number of hydrogen-bond acceptors (Lipinski definition) is 6. The first kappa shape index (κ1) is 16.3. The molecule has 1 aliphatic rings. The highest BCUT2D eigenvalue weighted by atomic mass is 35.5. The normalized spacial score (nSPS) is 20.4. The number of amides is 1. The molecule has 0 bridgehead atoms. The van der Waals surface area contributed by atoms with Gasteiger partial charge in [0.1, 0.15) is 6.10 Å². The molecule has 8 nitrogen and oxygen atoms in total. The van der Waals surface area contributed by atoms with Gasteiger partial charge >= 0.3 is 0 Å². The van der Waals surface area contributed by atoms with E-state index in [1.54, 1.807) is 12.1 Å². The van der Waals surface area contributed by atoms with Crippen LogP contribution in [0.25, 0.3) is 11.4 Å². The first-order chi connectivity index (χ1) is 10.3. The maximum atomic E-state index is 12.1. The van der Waals surface area contributed by atoms with Crippen LogP contribution in [-0.4, -0.2) is 45.3 Å². The molecular weight excluding hydrogens is 308 g/mol. The minimum Gasteiger partial charge on any atom is -0.364 e. The van der Waals surface area contributed by atoms with Gasteiger partial charge < -0.3 is 15.8 Å². The summed E-state index contributed by atoms with van der Waals surface area (Å²) in [5.74, 6) is 0.371. The Morgan fingerprint density at radius 2 is 2.14 bits per heavy atom. The number of nitrogens with one attached hydrogen (secondary N) is 2.